The number of amides is 2. The van der Waals surface area contributed by atoms with E-state index < -0.39 is 0 Å². The van der Waals surface area contributed by atoms with Crippen LogP contribution in [0, 0.1) is 11.8 Å². The molecule has 2 rings (SSSR count). The van der Waals surface area contributed by atoms with Gasteiger partial charge in [-0.3, -0.25) is 4.79 Å². The van der Waals surface area contributed by atoms with Crippen molar-refractivity contribution in [1.82, 2.24) is 10.6 Å². The average molecular weight is 364 g/mol. The second kappa shape index (κ2) is 9.97. The number of carbonyl (C=O) groups is 2. The van der Waals surface area contributed by atoms with Crippen LogP contribution in [0.5, 0.6) is 0 Å². The van der Waals surface area contributed by atoms with E-state index in [1.54, 1.807) is 30.3 Å². The third-order valence-corrected chi connectivity index (χ3v) is 4.65. The minimum Gasteiger partial charge on any atom is -0.338 e. The van der Waals surface area contributed by atoms with E-state index in [4.69, 9.17) is 11.6 Å². The number of urea groups is 1. The summed E-state index contributed by atoms with van der Waals surface area (Å²) in [5.74, 6) is 0.562. The smallest absolute Gasteiger partial charge is 0.315 e. The molecule has 2 unspecified atom stereocenters. The first kappa shape index (κ1) is 19.2. The maximum atomic E-state index is 12.0. The number of hydrogen-bond acceptors (Lipinski definition) is 4. The lowest BCUT2D eigenvalue weighted by atomic mass is 9.81. The highest BCUT2D eigenvalue weighted by Crippen LogP contribution is 2.28. The standard InChI is InChI=1S/C18H22ClN3O3/c19-16-6-2-5-15(8-16)17(24)11-22-18(25)21-10-14-4-1-3-13(7-14)9-20-12-23/h2,5-6,8,13-14H,1,3-4,7,9-11H2,(H2,21,22,25). The maximum absolute atomic E-state index is 12.0. The molecule has 0 spiro atoms. The fraction of sp³-hybridized carbons (Fsp3) is 0.500. The summed E-state index contributed by atoms with van der Waals surface area (Å²) in [6.45, 7) is 0.992. The molecule has 2 atom stereocenters. The quantitative estimate of drug-likeness (QED) is 0.443. The molecule has 0 bridgehead atoms. The lowest BCUT2D eigenvalue weighted by molar-refractivity contribution is 0.0992. The van der Waals surface area contributed by atoms with E-state index in [-0.39, 0.29) is 18.4 Å². The summed E-state index contributed by atoms with van der Waals surface area (Å²) < 4.78 is 0. The van der Waals surface area contributed by atoms with Crippen LogP contribution < -0.4 is 10.6 Å². The van der Waals surface area contributed by atoms with Gasteiger partial charge in [-0.15, -0.1) is 0 Å². The van der Waals surface area contributed by atoms with Gasteiger partial charge in [0.1, 0.15) is 0 Å². The van der Waals surface area contributed by atoms with Gasteiger partial charge < -0.3 is 10.6 Å². The normalized spacial score (nSPS) is 19.6. The molecule has 2 amide bonds. The largest absolute Gasteiger partial charge is 0.338 e. The van der Waals surface area contributed by atoms with Crippen LogP contribution in [-0.4, -0.2) is 37.5 Å². The van der Waals surface area contributed by atoms with E-state index in [1.807, 2.05) is 0 Å². The minimum atomic E-state index is -0.358. The fourth-order valence-electron chi connectivity index (χ4n) is 3.14. The van der Waals surface area contributed by atoms with Crippen molar-refractivity contribution in [3.63, 3.8) is 0 Å². The highest BCUT2D eigenvalue weighted by Gasteiger charge is 2.22. The van der Waals surface area contributed by atoms with Crippen molar-refractivity contribution in [3.05, 3.63) is 34.9 Å². The average Bonchev–Trinajstić information content (AvgIpc) is 2.63. The lowest BCUT2D eigenvalue weighted by Crippen LogP contribution is -2.41. The van der Waals surface area contributed by atoms with Crippen LogP contribution in [0.1, 0.15) is 36.0 Å². The summed E-state index contributed by atoms with van der Waals surface area (Å²) in [6.07, 6.45) is 5.69. The van der Waals surface area contributed by atoms with E-state index >= 15 is 0 Å². The van der Waals surface area contributed by atoms with E-state index in [1.165, 1.54) is 0 Å². The SMILES string of the molecule is O=C=NCC1CCCC(CNC(=O)NCC(=O)c2cccc(Cl)c2)C1. The third kappa shape index (κ3) is 6.69. The first-order chi connectivity index (χ1) is 12.1. The highest BCUT2D eigenvalue weighted by molar-refractivity contribution is 6.31. The van der Waals surface area contributed by atoms with Crippen molar-refractivity contribution in [2.24, 2.45) is 16.8 Å². The van der Waals surface area contributed by atoms with Gasteiger partial charge in [0.15, 0.2) is 5.78 Å². The van der Waals surface area contributed by atoms with Crippen LogP contribution in [-0.2, 0) is 4.79 Å². The molecule has 1 aliphatic carbocycles. The summed E-state index contributed by atoms with van der Waals surface area (Å²) >= 11 is 5.85. The number of isocyanates is 1. The van der Waals surface area contributed by atoms with Crippen LogP contribution in [0.2, 0.25) is 5.02 Å². The maximum Gasteiger partial charge on any atom is 0.315 e. The summed E-state index contributed by atoms with van der Waals surface area (Å²) in [5, 5.41) is 5.87. The van der Waals surface area contributed by atoms with Gasteiger partial charge in [-0.1, -0.05) is 30.2 Å². The zero-order valence-corrected chi connectivity index (χ0v) is 14.7. The van der Waals surface area contributed by atoms with Gasteiger partial charge in [-0.25, -0.2) is 14.6 Å². The number of nitrogens with zero attached hydrogens (tertiary/aromatic N) is 1. The van der Waals surface area contributed by atoms with Crippen molar-refractivity contribution in [3.8, 4) is 0 Å². The molecule has 0 aliphatic heterocycles. The molecule has 1 saturated carbocycles. The van der Waals surface area contributed by atoms with Crippen LogP contribution >= 0.6 is 11.6 Å². The highest BCUT2D eigenvalue weighted by atomic mass is 35.5. The zero-order valence-electron chi connectivity index (χ0n) is 14.0. The number of ketones is 1. The summed E-state index contributed by atoms with van der Waals surface area (Å²) in [6, 6.07) is 6.27. The van der Waals surface area contributed by atoms with E-state index in [0.29, 0.717) is 35.5 Å². The Morgan fingerprint density at radius 2 is 2.04 bits per heavy atom. The van der Waals surface area contributed by atoms with Gasteiger partial charge in [-0.05, 0) is 43.2 Å². The Morgan fingerprint density at radius 1 is 1.24 bits per heavy atom. The molecular formula is C18H22ClN3O3. The third-order valence-electron chi connectivity index (χ3n) is 4.41. The second-order valence-corrected chi connectivity index (χ2v) is 6.76. The molecule has 0 aromatic heterocycles. The Morgan fingerprint density at radius 3 is 2.80 bits per heavy atom. The van der Waals surface area contributed by atoms with Crippen molar-refractivity contribution in [1.29, 1.82) is 0 Å². The van der Waals surface area contributed by atoms with Crippen molar-refractivity contribution < 1.29 is 14.4 Å². The van der Waals surface area contributed by atoms with Crippen LogP contribution in [0.15, 0.2) is 29.3 Å². The number of hydrogen-bond donors (Lipinski definition) is 2. The van der Waals surface area contributed by atoms with Crippen molar-refractivity contribution in [2.45, 2.75) is 25.7 Å². The molecule has 1 aromatic rings. The number of rotatable bonds is 7. The van der Waals surface area contributed by atoms with Gasteiger partial charge in [0.2, 0.25) is 6.08 Å². The molecular weight excluding hydrogens is 342 g/mol. The Kier molecular flexibility index (Phi) is 7.64. The van der Waals surface area contributed by atoms with Crippen LogP contribution in [0.4, 0.5) is 4.79 Å². The monoisotopic (exact) mass is 363 g/mol. The number of benzene rings is 1. The number of nitrogens with one attached hydrogen (secondary N) is 2. The molecule has 7 heteroatoms. The lowest BCUT2D eigenvalue weighted by Gasteiger charge is -2.28. The molecule has 1 aliphatic rings. The Balaban J connectivity index is 1.70. The van der Waals surface area contributed by atoms with E-state index in [2.05, 4.69) is 15.6 Å². The van der Waals surface area contributed by atoms with Gasteiger partial charge >= 0.3 is 6.03 Å². The van der Waals surface area contributed by atoms with E-state index in [0.717, 1.165) is 25.7 Å². The summed E-state index contributed by atoms with van der Waals surface area (Å²) in [7, 11) is 0. The molecule has 0 saturated heterocycles. The van der Waals surface area contributed by atoms with Gasteiger partial charge in [-0.2, -0.15) is 0 Å². The Hall–Kier alpha value is -2.17. The van der Waals surface area contributed by atoms with Crippen molar-refractivity contribution in [2.75, 3.05) is 19.6 Å². The molecule has 1 fully saturated rings. The molecule has 134 valence electrons. The summed E-state index contributed by atoms with van der Waals surface area (Å²) in [5.41, 5.74) is 0.471. The Bertz CT molecular complexity index is 659. The molecule has 0 radical (unpaired) electrons. The molecule has 6 nitrogen and oxygen atoms in total. The molecule has 2 N–H and O–H groups in total. The van der Waals surface area contributed by atoms with Gasteiger partial charge in [0.05, 0.1) is 13.1 Å². The van der Waals surface area contributed by atoms with E-state index in [9.17, 15) is 14.4 Å². The Labute approximate surface area is 152 Å². The molecule has 25 heavy (non-hydrogen) atoms. The minimum absolute atomic E-state index is 0.0759. The van der Waals surface area contributed by atoms with Crippen molar-refractivity contribution >= 4 is 29.5 Å². The predicted molar refractivity (Wildman–Crippen MR) is 95.6 cm³/mol. The number of aliphatic imine (C=N–C) groups is 1. The topological polar surface area (TPSA) is 87.6 Å². The molecule has 1 aromatic carbocycles. The zero-order chi connectivity index (χ0) is 18.1. The van der Waals surface area contributed by atoms with Gasteiger partial charge in [0.25, 0.3) is 0 Å². The van der Waals surface area contributed by atoms with Crippen LogP contribution in [0.25, 0.3) is 0 Å². The number of halogens is 1. The van der Waals surface area contributed by atoms with Crippen LogP contribution in [0.3, 0.4) is 0 Å². The number of Topliss-reactive ketones (excluding diaryl/α,β-unsaturated/α-hetero) is 1. The van der Waals surface area contributed by atoms with Gasteiger partial charge in [0, 0.05) is 17.1 Å². The first-order valence-electron chi connectivity index (χ1n) is 8.42. The molecule has 0 heterocycles. The second-order valence-electron chi connectivity index (χ2n) is 6.33. The number of carbonyl (C=O) groups excluding carboxylic acids is 3. The first-order valence-corrected chi connectivity index (χ1v) is 8.80. The summed E-state index contributed by atoms with van der Waals surface area (Å²) in [4.78, 5) is 37.7. The fourth-order valence-corrected chi connectivity index (χ4v) is 3.33. The predicted octanol–water partition coefficient (Wildman–Crippen LogP) is 2.96.